The van der Waals surface area contributed by atoms with Crippen LogP contribution < -0.4 is 0 Å². The summed E-state index contributed by atoms with van der Waals surface area (Å²) in [6, 6.07) is 11.4. The van der Waals surface area contributed by atoms with Crippen molar-refractivity contribution in [3.63, 3.8) is 0 Å². The smallest absolute Gasteiger partial charge is 0.00152 e. The van der Waals surface area contributed by atoms with E-state index < -0.39 is 0 Å². The van der Waals surface area contributed by atoms with E-state index in [0.717, 1.165) is 5.92 Å². The molecule has 0 heterocycles. The van der Waals surface area contributed by atoms with Crippen LogP contribution in [0.3, 0.4) is 0 Å². The van der Waals surface area contributed by atoms with Gasteiger partial charge in [-0.05, 0) is 75.1 Å². The quantitative estimate of drug-likeness (QED) is 0.730. The molecule has 1 nitrogen and oxygen atoms in total. The van der Waals surface area contributed by atoms with Crippen molar-refractivity contribution in [3.8, 4) is 0 Å². The molecule has 0 saturated heterocycles. The van der Waals surface area contributed by atoms with E-state index in [2.05, 4.69) is 70.1 Å². The average Bonchev–Trinajstić information content (AvgIpc) is 2.80. The first-order valence-electron chi connectivity index (χ1n) is 9.04. The lowest BCUT2D eigenvalue weighted by atomic mass is 9.54. The van der Waals surface area contributed by atoms with Crippen molar-refractivity contribution in [2.75, 3.05) is 20.6 Å². The lowest BCUT2D eigenvalue weighted by Crippen LogP contribution is -2.45. The van der Waals surface area contributed by atoms with Crippen LogP contribution in [-0.2, 0) is 5.41 Å². The largest absolute Gasteiger partial charge is 0.309 e. The molecule has 0 aromatic heterocycles. The van der Waals surface area contributed by atoms with Crippen LogP contribution in [0, 0.1) is 16.7 Å². The second-order valence-electron chi connectivity index (χ2n) is 8.85. The monoisotopic (exact) mass is 299 g/mol. The van der Waals surface area contributed by atoms with Crippen LogP contribution in [0.15, 0.2) is 30.3 Å². The van der Waals surface area contributed by atoms with Crippen LogP contribution in [0.25, 0.3) is 0 Å². The topological polar surface area (TPSA) is 3.24 Å². The summed E-state index contributed by atoms with van der Waals surface area (Å²) >= 11 is 0. The predicted molar refractivity (Wildman–Crippen MR) is 95.1 cm³/mol. The average molecular weight is 300 g/mol. The molecule has 0 amide bonds. The molecule has 122 valence electrons. The molecule has 1 aromatic rings. The number of fused-ring (bicyclic) bond motifs is 2. The lowest BCUT2D eigenvalue weighted by Gasteiger charge is -2.50. The molecule has 1 heteroatoms. The van der Waals surface area contributed by atoms with Gasteiger partial charge in [-0.3, -0.25) is 0 Å². The first-order valence-corrected chi connectivity index (χ1v) is 9.04. The summed E-state index contributed by atoms with van der Waals surface area (Å²) in [6.45, 7) is 8.89. The number of rotatable bonds is 5. The van der Waals surface area contributed by atoms with E-state index in [9.17, 15) is 0 Å². The van der Waals surface area contributed by atoms with E-state index >= 15 is 0 Å². The van der Waals surface area contributed by atoms with Gasteiger partial charge in [0.25, 0.3) is 0 Å². The third-order valence-electron chi connectivity index (χ3n) is 7.62. The summed E-state index contributed by atoms with van der Waals surface area (Å²) in [7, 11) is 4.39. The maximum absolute atomic E-state index is 2.60. The molecular formula is C21H33N. The molecule has 22 heavy (non-hydrogen) atoms. The summed E-state index contributed by atoms with van der Waals surface area (Å²) in [5, 5.41) is 0. The van der Waals surface area contributed by atoms with E-state index in [-0.39, 0.29) is 0 Å². The fourth-order valence-electron chi connectivity index (χ4n) is 5.87. The SMILES string of the molecule is CN(C)CCC[C@]1(c2ccccc2)C[C@H]2CC[C@]1(C)C2(C)C. The van der Waals surface area contributed by atoms with Crippen LogP contribution in [0.5, 0.6) is 0 Å². The van der Waals surface area contributed by atoms with Crippen LogP contribution in [-0.4, -0.2) is 25.5 Å². The van der Waals surface area contributed by atoms with Gasteiger partial charge in [-0.2, -0.15) is 0 Å². The van der Waals surface area contributed by atoms with Gasteiger partial charge in [-0.15, -0.1) is 0 Å². The highest BCUT2D eigenvalue weighted by Crippen LogP contribution is 2.74. The Bertz CT molecular complexity index is 518. The highest BCUT2D eigenvalue weighted by Gasteiger charge is 2.68. The number of nitrogens with zero attached hydrogens (tertiary/aromatic N) is 1. The third kappa shape index (κ3) is 2.08. The summed E-state index contributed by atoms with van der Waals surface area (Å²) in [5.74, 6) is 0.900. The van der Waals surface area contributed by atoms with Crippen LogP contribution >= 0.6 is 0 Å². The maximum atomic E-state index is 2.60. The highest BCUT2D eigenvalue weighted by atomic mass is 15.0. The molecule has 3 atom stereocenters. The third-order valence-corrected chi connectivity index (χ3v) is 7.62. The van der Waals surface area contributed by atoms with Crippen molar-refractivity contribution >= 4 is 0 Å². The summed E-state index contributed by atoms with van der Waals surface area (Å²) in [4.78, 5) is 2.33. The number of benzene rings is 1. The van der Waals surface area contributed by atoms with Crippen LogP contribution in [0.4, 0.5) is 0 Å². The molecule has 2 aliphatic carbocycles. The predicted octanol–water partition coefficient (Wildman–Crippen LogP) is 5.11. The fraction of sp³-hybridized carbons (Fsp3) is 0.714. The van der Waals surface area contributed by atoms with Gasteiger partial charge < -0.3 is 4.90 Å². The molecule has 1 aromatic carbocycles. The highest BCUT2D eigenvalue weighted by molar-refractivity contribution is 5.35. The minimum Gasteiger partial charge on any atom is -0.309 e. The molecule has 2 fully saturated rings. The summed E-state index contributed by atoms with van der Waals surface area (Å²) in [5.41, 5.74) is 2.90. The number of hydrogen-bond donors (Lipinski definition) is 0. The molecule has 0 N–H and O–H groups in total. The summed E-state index contributed by atoms with van der Waals surface area (Å²) in [6.07, 6.45) is 6.88. The Kier molecular flexibility index (Phi) is 3.92. The van der Waals surface area contributed by atoms with Gasteiger partial charge in [0.05, 0.1) is 0 Å². The lowest BCUT2D eigenvalue weighted by molar-refractivity contribution is 0.0646. The second-order valence-corrected chi connectivity index (χ2v) is 8.85. The zero-order valence-corrected chi connectivity index (χ0v) is 15.2. The van der Waals surface area contributed by atoms with Crippen molar-refractivity contribution in [1.29, 1.82) is 0 Å². The molecule has 3 rings (SSSR count). The normalized spacial score (nSPS) is 36.2. The van der Waals surface area contributed by atoms with Gasteiger partial charge in [0.2, 0.25) is 0 Å². The zero-order valence-electron chi connectivity index (χ0n) is 15.2. The zero-order chi connectivity index (χ0) is 16.0. The van der Waals surface area contributed by atoms with E-state index in [1.54, 1.807) is 5.56 Å². The maximum Gasteiger partial charge on any atom is 0.00152 e. The Morgan fingerprint density at radius 1 is 1.09 bits per heavy atom. The van der Waals surface area contributed by atoms with E-state index in [1.807, 2.05) is 0 Å². The van der Waals surface area contributed by atoms with Gasteiger partial charge in [0.15, 0.2) is 0 Å². The summed E-state index contributed by atoms with van der Waals surface area (Å²) < 4.78 is 0. The first kappa shape index (κ1) is 16.1. The molecule has 0 aliphatic heterocycles. The van der Waals surface area contributed by atoms with Crippen molar-refractivity contribution < 1.29 is 0 Å². The Morgan fingerprint density at radius 2 is 1.77 bits per heavy atom. The second kappa shape index (κ2) is 5.37. The minimum absolute atomic E-state index is 0.386. The molecule has 2 aliphatic rings. The van der Waals surface area contributed by atoms with Gasteiger partial charge in [0, 0.05) is 5.41 Å². The van der Waals surface area contributed by atoms with Gasteiger partial charge >= 0.3 is 0 Å². The Balaban J connectivity index is 1.99. The minimum atomic E-state index is 0.386. The van der Waals surface area contributed by atoms with Crippen molar-refractivity contribution in [2.45, 2.75) is 58.3 Å². The Labute approximate surface area is 137 Å². The standard InChI is InChI=1S/C21H33N/c1-19(2)18-12-14-20(19,3)21(16-18,13-9-15-22(4)5)17-10-7-6-8-11-17/h6-8,10-11,18H,9,12-16H2,1-5H3/t18-,20-,21-/m1/s1. The molecule has 0 unspecified atom stereocenters. The Morgan fingerprint density at radius 3 is 2.27 bits per heavy atom. The van der Waals surface area contributed by atoms with Crippen molar-refractivity contribution in [3.05, 3.63) is 35.9 Å². The van der Waals surface area contributed by atoms with Gasteiger partial charge in [0.1, 0.15) is 0 Å². The van der Waals surface area contributed by atoms with Crippen molar-refractivity contribution in [2.24, 2.45) is 16.7 Å². The molecular weight excluding hydrogens is 266 g/mol. The van der Waals surface area contributed by atoms with Crippen LogP contribution in [0.2, 0.25) is 0 Å². The van der Waals surface area contributed by atoms with E-state index in [0.29, 0.717) is 16.2 Å². The fourth-order valence-corrected chi connectivity index (χ4v) is 5.87. The molecule has 2 saturated carbocycles. The molecule has 0 spiro atoms. The number of hydrogen-bond acceptors (Lipinski definition) is 1. The first-order chi connectivity index (χ1) is 10.3. The molecule has 0 radical (unpaired) electrons. The van der Waals surface area contributed by atoms with Crippen LogP contribution in [0.1, 0.15) is 58.4 Å². The molecule has 2 bridgehead atoms. The van der Waals surface area contributed by atoms with E-state index in [1.165, 1.54) is 38.6 Å². The van der Waals surface area contributed by atoms with E-state index in [4.69, 9.17) is 0 Å². The van der Waals surface area contributed by atoms with Crippen molar-refractivity contribution in [1.82, 2.24) is 4.90 Å². The van der Waals surface area contributed by atoms with Gasteiger partial charge in [-0.25, -0.2) is 0 Å². The van der Waals surface area contributed by atoms with Gasteiger partial charge in [-0.1, -0.05) is 51.1 Å². The Hall–Kier alpha value is -0.820.